The lowest BCUT2D eigenvalue weighted by atomic mass is 10.0. The minimum atomic E-state index is -0.504. The van der Waals surface area contributed by atoms with Crippen LogP contribution in [0.2, 0.25) is 0 Å². The number of halogens is 3. The Morgan fingerprint density at radius 2 is 1.01 bits per heavy atom. The van der Waals surface area contributed by atoms with Gasteiger partial charge in [-0.25, -0.2) is 19.6 Å². The first-order valence-corrected chi connectivity index (χ1v) is 24.1. The number of hydrogen-bond donors (Lipinski definition) is 3. The quantitative estimate of drug-likeness (QED) is 0.118. The zero-order chi connectivity index (χ0) is 48.2. The number of carbonyl (C=O) groups excluding carboxylic acids is 4. The number of benzene rings is 4. The van der Waals surface area contributed by atoms with E-state index in [9.17, 15) is 24.3 Å². The van der Waals surface area contributed by atoms with Crippen LogP contribution in [0.3, 0.4) is 0 Å². The number of primary amides is 2. The molecule has 8 rings (SSSR count). The van der Waals surface area contributed by atoms with Crippen LogP contribution >= 0.6 is 47.3 Å². The number of nitrogens with zero attached hydrogens (tertiary/aromatic N) is 8. The first-order chi connectivity index (χ1) is 32.1. The van der Waals surface area contributed by atoms with E-state index in [4.69, 9.17) is 16.2 Å². The molecule has 0 radical (unpaired) electrons. The molecule has 2 fully saturated rings. The Morgan fingerprint density at radius 3 is 1.37 bits per heavy atom. The van der Waals surface area contributed by atoms with Gasteiger partial charge in [0.1, 0.15) is 24.2 Å². The van der Waals surface area contributed by atoms with Crippen molar-refractivity contribution >= 4 is 85.7 Å². The van der Waals surface area contributed by atoms with Crippen LogP contribution in [0.1, 0.15) is 46.4 Å². The SMILES string of the molecule is BrB(Br)Br.CN(C(=O)n1cnc(-c2cccc(C(N)=O)c2)c1)C1CCN(c2ccc(O)cc2)CC1.COc1ccc(N2CCC(N(C)C(=O)n3cnc(-c4cccc(C(N)=O)c4)c3)CC2)cc1. The molecule has 2 aliphatic rings. The van der Waals surface area contributed by atoms with Gasteiger partial charge in [0.2, 0.25) is 11.8 Å². The number of hydrogen-bond acceptors (Lipinski definition) is 10. The zero-order valence-corrected chi connectivity index (χ0v) is 42.0. The molecule has 20 heteroatoms. The molecular weight excluding hydrogens is 1050 g/mol. The fourth-order valence-corrected chi connectivity index (χ4v) is 7.97. The fourth-order valence-electron chi connectivity index (χ4n) is 7.97. The van der Waals surface area contributed by atoms with E-state index >= 15 is 0 Å². The van der Waals surface area contributed by atoms with Crippen LogP contribution in [-0.4, -0.2) is 121 Å². The van der Waals surface area contributed by atoms with Gasteiger partial charge in [0.15, 0.2) is 0 Å². The molecule has 0 spiro atoms. The smallest absolute Gasteiger partial charge is 0.369 e. The summed E-state index contributed by atoms with van der Waals surface area (Å²) in [6.07, 6.45) is 9.84. The molecule has 6 aromatic rings. The summed E-state index contributed by atoms with van der Waals surface area (Å²) in [6, 6.07) is 29.1. The third kappa shape index (κ3) is 13.5. The summed E-state index contributed by atoms with van der Waals surface area (Å²) >= 11 is 9.31. The van der Waals surface area contributed by atoms with Gasteiger partial charge in [0.05, 0.1) is 18.5 Å². The molecule has 4 heterocycles. The Kier molecular flexibility index (Phi) is 17.7. The van der Waals surface area contributed by atoms with Crippen LogP contribution in [0.25, 0.3) is 22.5 Å². The average molecular weight is 1100 g/mol. The Morgan fingerprint density at radius 1 is 0.642 bits per heavy atom. The number of piperidine rings is 2. The number of anilines is 2. The summed E-state index contributed by atoms with van der Waals surface area (Å²) in [7, 11) is 5.31. The molecule has 0 bridgehead atoms. The number of imidazole rings is 2. The largest absolute Gasteiger partial charge is 0.508 e. The highest BCUT2D eigenvalue weighted by molar-refractivity contribution is 9.69. The second-order valence-electron chi connectivity index (χ2n) is 15.9. The van der Waals surface area contributed by atoms with E-state index in [1.807, 2.05) is 50.5 Å². The van der Waals surface area contributed by atoms with Gasteiger partial charge < -0.3 is 40.9 Å². The maximum absolute atomic E-state index is 13.0. The summed E-state index contributed by atoms with van der Waals surface area (Å²) in [6.45, 7) is 3.43. The number of ether oxygens (including phenoxy) is 1. The van der Waals surface area contributed by atoms with Crippen molar-refractivity contribution in [1.29, 1.82) is 0 Å². The summed E-state index contributed by atoms with van der Waals surface area (Å²) in [5.74, 6) is 0.0962. The minimum Gasteiger partial charge on any atom is -0.508 e. The molecule has 2 aliphatic heterocycles. The standard InChI is InChI=1S/C24H27N5O3.C23H25N5O3.BBr3/c1-27(19-10-12-28(13-11-19)20-6-8-21(32-2)9-7-20)24(31)29-15-22(26-16-29)17-4-3-5-18(14-17)23(25)30;1-26(18-9-11-27(12-10-18)19-5-7-20(29)8-6-19)23(31)28-14-21(25-15-28)16-3-2-4-17(13-16)22(24)30;2-1(3)4/h3-9,14-16,19H,10-13H2,1-2H3,(H2,25,30);2-8,13-15,18,29H,9-12H2,1H3,(H2,24,30);. The van der Waals surface area contributed by atoms with E-state index in [1.54, 1.807) is 77.8 Å². The normalized spacial score (nSPS) is 13.9. The number of phenols is 1. The average Bonchev–Trinajstić information content (AvgIpc) is 4.06. The lowest BCUT2D eigenvalue weighted by Crippen LogP contribution is -2.46. The number of rotatable bonds is 9. The van der Waals surface area contributed by atoms with Crippen LogP contribution in [0.5, 0.6) is 11.5 Å². The molecule has 4 amide bonds. The van der Waals surface area contributed by atoms with E-state index in [0.717, 1.165) is 80.1 Å². The van der Waals surface area contributed by atoms with Crippen LogP contribution in [0, 0.1) is 0 Å². The number of aromatic nitrogens is 4. The highest BCUT2D eigenvalue weighted by Crippen LogP contribution is 2.27. The van der Waals surface area contributed by atoms with Crippen molar-refractivity contribution in [2.45, 2.75) is 37.8 Å². The van der Waals surface area contributed by atoms with E-state index in [1.165, 1.54) is 21.8 Å². The Hall–Kier alpha value is -6.12. The molecule has 0 saturated carbocycles. The summed E-state index contributed by atoms with van der Waals surface area (Å²) in [5.41, 5.74) is 16.4. The van der Waals surface area contributed by atoms with Gasteiger partial charge in [-0.05, 0) is 98.5 Å². The number of nitrogens with two attached hydrogens (primary N) is 2. The molecule has 16 nitrogen and oxygen atoms in total. The monoisotopic (exact) mass is 1100 g/mol. The first-order valence-electron chi connectivity index (χ1n) is 21.4. The third-order valence-corrected chi connectivity index (χ3v) is 11.8. The number of aromatic hydroxyl groups is 1. The predicted molar refractivity (Wildman–Crippen MR) is 274 cm³/mol. The molecule has 67 heavy (non-hydrogen) atoms. The Labute approximate surface area is 414 Å². The summed E-state index contributed by atoms with van der Waals surface area (Å²) < 4.78 is 8.46. The van der Waals surface area contributed by atoms with Gasteiger partial charge in [0.25, 0.3) is 0 Å². The molecule has 0 atom stereocenters. The fraction of sp³-hybridized carbons (Fsp3) is 0.277. The zero-order valence-electron chi connectivity index (χ0n) is 37.3. The molecule has 350 valence electrons. The highest BCUT2D eigenvalue weighted by Gasteiger charge is 2.28. The van der Waals surface area contributed by atoms with Crippen molar-refractivity contribution in [3.8, 4) is 34.0 Å². The first kappa shape index (κ1) is 50.3. The van der Waals surface area contributed by atoms with Gasteiger partial charge in [-0.1, -0.05) is 24.3 Å². The van der Waals surface area contributed by atoms with Crippen molar-refractivity contribution in [2.75, 3.05) is 57.2 Å². The summed E-state index contributed by atoms with van der Waals surface area (Å²) in [5, 5.41) is 9.46. The second kappa shape index (κ2) is 23.6. The maximum atomic E-state index is 13.0. The lowest BCUT2D eigenvalue weighted by molar-refractivity contribution is 0.0992. The van der Waals surface area contributed by atoms with Crippen LogP contribution in [-0.2, 0) is 0 Å². The number of amides is 4. The van der Waals surface area contributed by atoms with Gasteiger partial charge in [-0.15, -0.1) is 47.3 Å². The van der Waals surface area contributed by atoms with E-state index in [2.05, 4.69) is 79.2 Å². The topological polar surface area (TPSA) is 198 Å². The van der Waals surface area contributed by atoms with Crippen molar-refractivity contribution in [1.82, 2.24) is 28.9 Å². The van der Waals surface area contributed by atoms with E-state index in [-0.39, 0.29) is 33.1 Å². The Bertz CT molecular complexity index is 2610. The lowest BCUT2D eigenvalue weighted by Gasteiger charge is -2.37. The van der Waals surface area contributed by atoms with Crippen molar-refractivity contribution < 1.29 is 29.0 Å². The van der Waals surface area contributed by atoms with Gasteiger partial charge >= 0.3 is 15.2 Å². The molecule has 2 aromatic heterocycles. The third-order valence-electron chi connectivity index (χ3n) is 11.8. The number of methoxy groups -OCH3 is 1. The van der Waals surface area contributed by atoms with Crippen molar-refractivity contribution in [3.05, 3.63) is 133 Å². The predicted octanol–water partition coefficient (Wildman–Crippen LogP) is 8.31. The Balaban J connectivity index is 0.000000205. The number of phenolic OH excluding ortho intramolecular Hbond substituents is 1. The van der Waals surface area contributed by atoms with Crippen molar-refractivity contribution in [3.63, 3.8) is 0 Å². The van der Waals surface area contributed by atoms with Crippen molar-refractivity contribution in [2.24, 2.45) is 11.5 Å². The molecule has 2 saturated heterocycles. The molecule has 0 aliphatic carbocycles. The molecular formula is C47H52BBr3N10O6. The molecule has 4 aromatic carbocycles. The molecule has 5 N–H and O–H groups in total. The summed E-state index contributed by atoms with van der Waals surface area (Å²) in [4.78, 5) is 65.7. The van der Waals surface area contributed by atoms with Gasteiger partial charge in [-0.3, -0.25) is 18.7 Å². The van der Waals surface area contributed by atoms with Gasteiger partial charge in [0, 0.05) is 98.4 Å². The highest BCUT2D eigenvalue weighted by atomic mass is 79.9. The van der Waals surface area contributed by atoms with Crippen LogP contribution in [0.15, 0.2) is 122 Å². The van der Waals surface area contributed by atoms with E-state index < -0.39 is 11.8 Å². The van der Waals surface area contributed by atoms with Crippen LogP contribution in [0.4, 0.5) is 21.0 Å². The second-order valence-corrected chi connectivity index (χ2v) is 22.3. The number of carbonyl (C=O) groups is 4. The van der Waals surface area contributed by atoms with E-state index in [0.29, 0.717) is 22.5 Å². The van der Waals surface area contributed by atoms with Gasteiger partial charge in [-0.2, -0.15) is 0 Å². The minimum absolute atomic E-state index is 0.127. The maximum Gasteiger partial charge on any atom is 0.369 e. The van der Waals surface area contributed by atoms with Crippen LogP contribution < -0.4 is 26.0 Å². The molecule has 0 unspecified atom stereocenters.